The summed E-state index contributed by atoms with van der Waals surface area (Å²) in [6.45, 7) is 0.180. The Hall–Kier alpha value is -1.08. The SMILES string of the molecule is O=C1CN(Cc2cccs2)CCN1CC(F)(F)F. The predicted octanol–water partition coefficient (Wildman–Crippen LogP) is 1.95. The molecule has 0 bridgehead atoms. The Morgan fingerprint density at radius 1 is 1.33 bits per heavy atom. The van der Waals surface area contributed by atoms with Gasteiger partial charge in [-0.3, -0.25) is 9.69 Å². The molecule has 0 radical (unpaired) electrons. The summed E-state index contributed by atoms with van der Waals surface area (Å²) in [6.07, 6.45) is -4.31. The first kappa shape index (κ1) is 13.4. The van der Waals surface area contributed by atoms with E-state index in [-0.39, 0.29) is 13.1 Å². The summed E-state index contributed by atoms with van der Waals surface area (Å²) in [5.74, 6) is -0.449. The van der Waals surface area contributed by atoms with E-state index in [1.165, 1.54) is 0 Å². The van der Waals surface area contributed by atoms with Gasteiger partial charge in [0.1, 0.15) is 6.54 Å². The van der Waals surface area contributed by atoms with Crippen LogP contribution in [0.1, 0.15) is 4.88 Å². The van der Waals surface area contributed by atoms with Crippen LogP contribution in [-0.4, -0.2) is 48.1 Å². The van der Waals surface area contributed by atoms with E-state index in [0.717, 1.165) is 9.78 Å². The molecule has 18 heavy (non-hydrogen) atoms. The van der Waals surface area contributed by atoms with Crippen molar-refractivity contribution in [2.24, 2.45) is 0 Å². The zero-order valence-electron chi connectivity index (χ0n) is 9.61. The number of amides is 1. The Balaban J connectivity index is 1.86. The number of hydrogen-bond acceptors (Lipinski definition) is 3. The molecule has 0 aliphatic carbocycles. The number of thiophene rings is 1. The van der Waals surface area contributed by atoms with Crippen LogP contribution >= 0.6 is 11.3 Å². The van der Waals surface area contributed by atoms with Gasteiger partial charge in [-0.05, 0) is 11.4 Å². The van der Waals surface area contributed by atoms with Crippen LogP contribution in [0.25, 0.3) is 0 Å². The Morgan fingerprint density at radius 2 is 2.11 bits per heavy atom. The summed E-state index contributed by atoms with van der Waals surface area (Å²) >= 11 is 1.58. The first-order valence-corrected chi connectivity index (χ1v) is 6.41. The van der Waals surface area contributed by atoms with Crippen LogP contribution in [0.4, 0.5) is 13.2 Å². The second-order valence-electron chi connectivity index (χ2n) is 4.22. The lowest BCUT2D eigenvalue weighted by atomic mass is 10.3. The van der Waals surface area contributed by atoms with Crippen molar-refractivity contribution in [3.05, 3.63) is 22.4 Å². The third kappa shape index (κ3) is 3.71. The molecule has 1 aliphatic rings. The molecule has 2 rings (SSSR count). The van der Waals surface area contributed by atoms with Gasteiger partial charge < -0.3 is 4.90 Å². The number of nitrogens with zero attached hydrogens (tertiary/aromatic N) is 2. The zero-order chi connectivity index (χ0) is 13.2. The van der Waals surface area contributed by atoms with Crippen LogP contribution in [-0.2, 0) is 11.3 Å². The molecule has 0 atom stereocenters. The molecule has 0 saturated carbocycles. The highest BCUT2D eigenvalue weighted by Gasteiger charge is 2.35. The van der Waals surface area contributed by atoms with E-state index in [9.17, 15) is 18.0 Å². The number of carbonyl (C=O) groups excluding carboxylic acids is 1. The van der Waals surface area contributed by atoms with Gasteiger partial charge >= 0.3 is 6.18 Å². The maximum atomic E-state index is 12.2. The number of carbonyl (C=O) groups is 1. The van der Waals surface area contributed by atoms with Gasteiger partial charge in [-0.15, -0.1) is 11.3 Å². The summed E-state index contributed by atoms with van der Waals surface area (Å²) in [4.78, 5) is 15.5. The Labute approximate surface area is 107 Å². The average molecular weight is 278 g/mol. The molecule has 1 aromatic heterocycles. The highest BCUT2D eigenvalue weighted by Crippen LogP contribution is 2.19. The van der Waals surface area contributed by atoms with Gasteiger partial charge in [0.25, 0.3) is 0 Å². The molecule has 1 aromatic rings. The Bertz CT molecular complexity index is 405. The molecule has 7 heteroatoms. The predicted molar refractivity (Wildman–Crippen MR) is 62.2 cm³/mol. The number of piperazine rings is 1. The number of halogens is 3. The topological polar surface area (TPSA) is 23.6 Å². The molecule has 0 aromatic carbocycles. The van der Waals surface area contributed by atoms with Gasteiger partial charge in [0.05, 0.1) is 6.54 Å². The lowest BCUT2D eigenvalue weighted by Crippen LogP contribution is -2.52. The first-order chi connectivity index (χ1) is 8.44. The van der Waals surface area contributed by atoms with E-state index >= 15 is 0 Å². The molecule has 0 unspecified atom stereocenters. The third-order valence-electron chi connectivity index (χ3n) is 2.73. The second kappa shape index (κ2) is 5.27. The third-order valence-corrected chi connectivity index (χ3v) is 3.59. The lowest BCUT2D eigenvalue weighted by molar-refractivity contribution is -0.165. The molecule has 1 fully saturated rings. The Kier molecular flexibility index (Phi) is 3.91. The van der Waals surface area contributed by atoms with Gasteiger partial charge in [-0.1, -0.05) is 6.07 Å². The van der Waals surface area contributed by atoms with Gasteiger partial charge in [-0.25, -0.2) is 0 Å². The van der Waals surface area contributed by atoms with Gasteiger partial charge in [0.15, 0.2) is 0 Å². The van der Waals surface area contributed by atoms with Crippen LogP contribution in [0.3, 0.4) is 0 Å². The van der Waals surface area contributed by atoms with Crippen LogP contribution in [0.5, 0.6) is 0 Å². The highest BCUT2D eigenvalue weighted by atomic mass is 32.1. The minimum absolute atomic E-state index is 0.0635. The zero-order valence-corrected chi connectivity index (χ0v) is 10.4. The monoisotopic (exact) mass is 278 g/mol. The highest BCUT2D eigenvalue weighted by molar-refractivity contribution is 7.09. The minimum Gasteiger partial charge on any atom is -0.331 e. The van der Waals surface area contributed by atoms with E-state index in [2.05, 4.69) is 0 Å². The maximum Gasteiger partial charge on any atom is 0.406 e. The molecule has 3 nitrogen and oxygen atoms in total. The Morgan fingerprint density at radius 3 is 2.67 bits per heavy atom. The van der Waals surface area contributed by atoms with Crippen molar-refractivity contribution in [3.8, 4) is 0 Å². The molecule has 1 aliphatic heterocycles. The number of hydrogen-bond donors (Lipinski definition) is 0. The molecular weight excluding hydrogens is 265 g/mol. The quantitative estimate of drug-likeness (QED) is 0.844. The van der Waals surface area contributed by atoms with Crippen LogP contribution in [0.15, 0.2) is 17.5 Å². The molecule has 1 amide bonds. The van der Waals surface area contributed by atoms with Crippen molar-refractivity contribution >= 4 is 17.2 Å². The fourth-order valence-corrected chi connectivity index (χ4v) is 2.64. The van der Waals surface area contributed by atoms with E-state index in [1.807, 2.05) is 22.4 Å². The fraction of sp³-hybridized carbons (Fsp3) is 0.545. The van der Waals surface area contributed by atoms with Crippen molar-refractivity contribution in [3.63, 3.8) is 0 Å². The van der Waals surface area contributed by atoms with Crippen molar-refractivity contribution in [2.45, 2.75) is 12.7 Å². The van der Waals surface area contributed by atoms with Gasteiger partial charge in [0.2, 0.25) is 5.91 Å². The molecule has 0 spiro atoms. The number of rotatable bonds is 3. The summed E-state index contributed by atoms with van der Waals surface area (Å²) in [6, 6.07) is 3.87. The van der Waals surface area contributed by atoms with Crippen LogP contribution < -0.4 is 0 Å². The number of alkyl halides is 3. The molecule has 2 heterocycles. The molecular formula is C11H13F3N2OS. The molecule has 100 valence electrons. The van der Waals surface area contributed by atoms with Crippen LogP contribution in [0, 0.1) is 0 Å². The standard InChI is InChI=1S/C11H13F3N2OS/c12-11(13,14)8-16-4-3-15(7-10(16)17)6-9-2-1-5-18-9/h1-2,5H,3-4,6-8H2. The van der Waals surface area contributed by atoms with E-state index in [1.54, 1.807) is 11.3 Å². The van der Waals surface area contributed by atoms with Crippen molar-refractivity contribution < 1.29 is 18.0 Å². The largest absolute Gasteiger partial charge is 0.406 e. The molecule has 0 N–H and O–H groups in total. The van der Waals surface area contributed by atoms with Gasteiger partial charge in [0, 0.05) is 24.5 Å². The van der Waals surface area contributed by atoms with Crippen molar-refractivity contribution in [1.82, 2.24) is 9.80 Å². The van der Waals surface area contributed by atoms with E-state index < -0.39 is 18.6 Å². The minimum atomic E-state index is -4.31. The summed E-state index contributed by atoms with van der Waals surface area (Å²) in [5.41, 5.74) is 0. The lowest BCUT2D eigenvalue weighted by Gasteiger charge is -2.34. The van der Waals surface area contributed by atoms with E-state index in [4.69, 9.17) is 0 Å². The summed E-state index contributed by atoms with van der Waals surface area (Å²) in [5, 5.41) is 1.94. The normalized spacial score (nSPS) is 18.4. The van der Waals surface area contributed by atoms with Crippen molar-refractivity contribution in [1.29, 1.82) is 0 Å². The first-order valence-electron chi connectivity index (χ1n) is 5.53. The second-order valence-corrected chi connectivity index (χ2v) is 5.25. The van der Waals surface area contributed by atoms with Crippen LogP contribution in [0.2, 0.25) is 0 Å². The smallest absolute Gasteiger partial charge is 0.331 e. The maximum absolute atomic E-state index is 12.2. The summed E-state index contributed by atoms with van der Waals surface area (Å²) < 4.78 is 36.6. The fourth-order valence-electron chi connectivity index (χ4n) is 1.90. The average Bonchev–Trinajstić information content (AvgIpc) is 2.73. The van der Waals surface area contributed by atoms with Crippen molar-refractivity contribution in [2.75, 3.05) is 26.2 Å². The molecule has 1 saturated heterocycles. The summed E-state index contributed by atoms with van der Waals surface area (Å²) in [7, 11) is 0. The van der Waals surface area contributed by atoms with Gasteiger partial charge in [-0.2, -0.15) is 13.2 Å². The van der Waals surface area contributed by atoms with E-state index in [0.29, 0.717) is 13.1 Å².